The van der Waals surface area contributed by atoms with Crippen molar-refractivity contribution < 1.29 is 0 Å². The molecule has 11 heavy (non-hydrogen) atoms. The summed E-state index contributed by atoms with van der Waals surface area (Å²) in [6.07, 6.45) is 0.859. The molecular formula is C7H6S4. The molecule has 0 spiro atoms. The lowest BCUT2D eigenvalue weighted by molar-refractivity contribution is 1.10. The molecule has 0 aliphatic rings. The molecular weight excluding hydrogens is 212 g/mol. The van der Waals surface area contributed by atoms with E-state index in [4.69, 9.17) is 36.7 Å². The van der Waals surface area contributed by atoms with Gasteiger partial charge in [0.2, 0.25) is 0 Å². The van der Waals surface area contributed by atoms with Crippen LogP contribution in [0.2, 0.25) is 0 Å². The molecule has 0 atom stereocenters. The third-order valence-electron chi connectivity index (χ3n) is 1.54. The van der Waals surface area contributed by atoms with Crippen LogP contribution in [-0.4, -0.2) is 0 Å². The SMILES string of the molecule is CCc1c(S)c(=S)c(=S)c1=S. The summed E-state index contributed by atoms with van der Waals surface area (Å²) in [5.41, 5.74) is 1.03. The summed E-state index contributed by atoms with van der Waals surface area (Å²) in [5.74, 6) is 0. The Balaban J connectivity index is 3.77. The summed E-state index contributed by atoms with van der Waals surface area (Å²) < 4.78 is 1.99. The maximum absolute atomic E-state index is 5.08. The standard InChI is InChI=1S/C7H6S4/c1-2-3-4(8)6(10)7(11)5(3)9/h8H,2H2,1H3. The highest BCUT2D eigenvalue weighted by atomic mass is 32.1. The van der Waals surface area contributed by atoms with Gasteiger partial charge in [-0.15, -0.1) is 12.6 Å². The van der Waals surface area contributed by atoms with E-state index in [9.17, 15) is 0 Å². The van der Waals surface area contributed by atoms with E-state index in [2.05, 4.69) is 12.6 Å². The molecule has 4 heteroatoms. The molecule has 0 saturated heterocycles. The molecule has 0 fully saturated rings. The molecule has 0 unspecified atom stereocenters. The smallest absolute Gasteiger partial charge is 0.0752 e. The highest BCUT2D eigenvalue weighted by Crippen LogP contribution is 2.21. The van der Waals surface area contributed by atoms with Crippen molar-refractivity contribution in [3.8, 4) is 0 Å². The van der Waals surface area contributed by atoms with Gasteiger partial charge in [0.15, 0.2) is 0 Å². The Hall–Kier alpha value is 0.360. The van der Waals surface area contributed by atoms with E-state index in [0.29, 0.717) is 9.02 Å². The van der Waals surface area contributed by atoms with Crippen LogP contribution in [0.3, 0.4) is 0 Å². The molecule has 0 N–H and O–H groups in total. The quantitative estimate of drug-likeness (QED) is 0.565. The van der Waals surface area contributed by atoms with Gasteiger partial charge in [0, 0.05) is 4.90 Å². The Morgan fingerprint density at radius 1 is 1.09 bits per heavy atom. The first-order chi connectivity index (χ1) is 5.09. The Labute approximate surface area is 86.4 Å². The predicted molar refractivity (Wildman–Crippen MR) is 57.9 cm³/mol. The molecule has 1 aromatic rings. The van der Waals surface area contributed by atoms with Gasteiger partial charge in [0.1, 0.15) is 0 Å². The van der Waals surface area contributed by atoms with Gasteiger partial charge < -0.3 is 0 Å². The molecule has 0 amide bonds. The first-order valence-electron chi connectivity index (χ1n) is 3.15. The van der Waals surface area contributed by atoms with Gasteiger partial charge in [-0.05, 0) is 12.0 Å². The maximum atomic E-state index is 5.08. The summed E-state index contributed by atoms with van der Waals surface area (Å²) in [7, 11) is 0. The van der Waals surface area contributed by atoms with Crippen molar-refractivity contribution >= 4 is 49.3 Å². The highest BCUT2D eigenvalue weighted by Gasteiger charge is 2.05. The minimum atomic E-state index is 0.622. The van der Waals surface area contributed by atoms with E-state index in [1.54, 1.807) is 0 Å². The molecule has 0 bridgehead atoms. The predicted octanol–water partition coefficient (Wildman–Crippen LogP) is 3.60. The van der Waals surface area contributed by atoms with Crippen LogP contribution in [0.5, 0.6) is 0 Å². The first kappa shape index (κ1) is 9.45. The van der Waals surface area contributed by atoms with Gasteiger partial charge >= 0.3 is 0 Å². The Kier molecular flexibility index (Phi) is 2.91. The van der Waals surface area contributed by atoms with Crippen molar-refractivity contribution in [3.63, 3.8) is 0 Å². The van der Waals surface area contributed by atoms with Crippen LogP contribution in [0.1, 0.15) is 12.5 Å². The lowest BCUT2D eigenvalue weighted by atomic mass is 10.3. The summed E-state index contributed by atoms with van der Waals surface area (Å²) in [6, 6.07) is 0. The fourth-order valence-corrected chi connectivity index (χ4v) is 2.32. The first-order valence-corrected chi connectivity index (χ1v) is 4.82. The molecule has 1 aromatic carbocycles. The topological polar surface area (TPSA) is 0 Å². The normalized spacial score (nSPS) is 10.4. The second-order valence-electron chi connectivity index (χ2n) is 2.17. The third-order valence-corrected chi connectivity index (χ3v) is 3.71. The van der Waals surface area contributed by atoms with Crippen LogP contribution in [0.25, 0.3) is 0 Å². The molecule has 0 heterocycles. The van der Waals surface area contributed by atoms with Crippen LogP contribution in [0.4, 0.5) is 0 Å². The van der Waals surface area contributed by atoms with Crippen molar-refractivity contribution in [2.45, 2.75) is 18.2 Å². The lowest BCUT2D eigenvalue weighted by Gasteiger charge is -1.89. The van der Waals surface area contributed by atoms with Crippen LogP contribution in [0.15, 0.2) is 4.90 Å². The summed E-state index contributed by atoms with van der Waals surface area (Å²) in [4.78, 5) is 0.803. The Morgan fingerprint density at radius 3 is 1.82 bits per heavy atom. The highest BCUT2D eigenvalue weighted by molar-refractivity contribution is 7.81. The molecule has 1 rings (SSSR count). The van der Waals surface area contributed by atoms with Gasteiger partial charge in [-0.3, -0.25) is 0 Å². The van der Waals surface area contributed by atoms with Crippen molar-refractivity contribution in [3.05, 3.63) is 19.1 Å². The molecule has 0 radical (unpaired) electrons. The van der Waals surface area contributed by atoms with Crippen molar-refractivity contribution in [1.29, 1.82) is 0 Å². The molecule has 58 valence electrons. The molecule has 0 nitrogen and oxygen atoms in total. The van der Waals surface area contributed by atoms with Crippen LogP contribution < -0.4 is 0 Å². The van der Waals surface area contributed by atoms with Gasteiger partial charge in [-0.2, -0.15) is 0 Å². The van der Waals surface area contributed by atoms with E-state index in [1.165, 1.54) is 0 Å². The molecule has 0 aliphatic heterocycles. The zero-order valence-corrected chi connectivity index (χ0v) is 9.22. The summed E-state index contributed by atoms with van der Waals surface area (Å²) >= 11 is 19.4. The number of rotatable bonds is 1. The maximum Gasteiger partial charge on any atom is 0.0752 e. The second kappa shape index (κ2) is 3.39. The van der Waals surface area contributed by atoms with E-state index >= 15 is 0 Å². The second-order valence-corrected chi connectivity index (χ2v) is 3.84. The number of hydrogen-bond acceptors (Lipinski definition) is 4. The van der Waals surface area contributed by atoms with E-state index < -0.39 is 0 Å². The third kappa shape index (κ3) is 1.45. The van der Waals surface area contributed by atoms with Crippen molar-refractivity contribution in [2.24, 2.45) is 0 Å². The monoisotopic (exact) mass is 218 g/mol. The number of hydrogen-bond donors (Lipinski definition) is 1. The average molecular weight is 218 g/mol. The van der Waals surface area contributed by atoms with Crippen molar-refractivity contribution in [2.75, 3.05) is 0 Å². The van der Waals surface area contributed by atoms with Crippen LogP contribution in [-0.2, 0) is 6.42 Å². The summed E-state index contributed by atoms with van der Waals surface area (Å²) in [6.45, 7) is 2.02. The minimum absolute atomic E-state index is 0.622. The Morgan fingerprint density at radius 2 is 1.64 bits per heavy atom. The fraction of sp³-hybridized carbons (Fsp3) is 0.286. The van der Waals surface area contributed by atoms with Gasteiger partial charge in [-0.1, -0.05) is 43.6 Å². The lowest BCUT2D eigenvalue weighted by Crippen LogP contribution is -1.75. The molecule has 0 aromatic heterocycles. The van der Waals surface area contributed by atoms with Crippen LogP contribution in [0, 0.1) is 13.5 Å². The van der Waals surface area contributed by atoms with Gasteiger partial charge in [0.25, 0.3) is 0 Å². The van der Waals surface area contributed by atoms with Gasteiger partial charge in [-0.25, -0.2) is 0 Å². The zero-order valence-electron chi connectivity index (χ0n) is 5.88. The Bertz CT molecular complexity index is 409. The molecule has 0 saturated carbocycles. The zero-order chi connectivity index (χ0) is 8.59. The fourth-order valence-electron chi connectivity index (χ4n) is 0.920. The molecule has 0 aliphatic carbocycles. The van der Waals surface area contributed by atoms with E-state index in [1.807, 2.05) is 6.92 Å². The minimum Gasteiger partial charge on any atom is -0.142 e. The summed E-state index contributed by atoms with van der Waals surface area (Å²) in [5, 5.41) is 0. The van der Waals surface area contributed by atoms with E-state index in [-0.39, 0.29) is 0 Å². The van der Waals surface area contributed by atoms with Gasteiger partial charge in [0.05, 0.1) is 13.5 Å². The largest absolute Gasteiger partial charge is 0.142 e. The van der Waals surface area contributed by atoms with Crippen molar-refractivity contribution in [1.82, 2.24) is 0 Å². The average Bonchev–Trinajstić information content (AvgIpc) is 2.17. The number of thiol groups is 1. The van der Waals surface area contributed by atoms with E-state index in [0.717, 1.165) is 21.4 Å². The van der Waals surface area contributed by atoms with Crippen LogP contribution >= 0.6 is 49.3 Å².